The fourth-order valence-electron chi connectivity index (χ4n) is 1.18. The Morgan fingerprint density at radius 2 is 2.42 bits per heavy atom. The molecule has 1 aliphatic rings. The fourth-order valence-corrected chi connectivity index (χ4v) is 3.15. The van der Waals surface area contributed by atoms with Crippen molar-refractivity contribution in [2.24, 2.45) is 0 Å². The van der Waals surface area contributed by atoms with Crippen LogP contribution in [0, 0.1) is 0 Å². The van der Waals surface area contributed by atoms with Crippen molar-refractivity contribution in [1.82, 2.24) is 0 Å². The van der Waals surface area contributed by atoms with Crippen molar-refractivity contribution in [2.45, 2.75) is 37.9 Å². The number of carbonyl (C=O) groups is 1. The number of allylic oxidation sites excluding steroid dienone is 1. The first-order chi connectivity index (χ1) is 5.68. The van der Waals surface area contributed by atoms with Gasteiger partial charge in [-0.1, -0.05) is 13.0 Å². The Bertz CT molecular complexity index is 201. The van der Waals surface area contributed by atoms with Crippen molar-refractivity contribution in [1.29, 1.82) is 0 Å². The van der Waals surface area contributed by atoms with Gasteiger partial charge in [-0.15, -0.1) is 11.8 Å². The van der Waals surface area contributed by atoms with E-state index in [-0.39, 0.29) is 0 Å². The molecule has 1 heterocycles. The molecule has 1 nitrogen and oxygen atoms in total. The van der Waals surface area contributed by atoms with Crippen molar-refractivity contribution in [3.05, 3.63) is 9.89 Å². The SMILES string of the molecule is CC1CCCC(=O)C/C=C(/Br)S1. The van der Waals surface area contributed by atoms with Crippen LogP contribution in [-0.4, -0.2) is 11.0 Å². The molecule has 1 unspecified atom stereocenters. The Morgan fingerprint density at radius 1 is 1.67 bits per heavy atom. The number of halogens is 1. The van der Waals surface area contributed by atoms with E-state index < -0.39 is 0 Å². The summed E-state index contributed by atoms with van der Waals surface area (Å²) in [4.78, 5) is 11.2. The van der Waals surface area contributed by atoms with Crippen molar-refractivity contribution in [3.8, 4) is 0 Å². The van der Waals surface area contributed by atoms with Crippen LogP contribution in [0.2, 0.25) is 0 Å². The van der Waals surface area contributed by atoms with Crippen LogP contribution in [0.4, 0.5) is 0 Å². The average molecular weight is 249 g/mol. The highest BCUT2D eigenvalue weighted by Gasteiger charge is 2.09. The second-order valence-electron chi connectivity index (χ2n) is 3.07. The average Bonchev–Trinajstić information content (AvgIpc) is 2.05. The zero-order chi connectivity index (χ0) is 8.97. The Labute approximate surface area is 86.1 Å². The summed E-state index contributed by atoms with van der Waals surface area (Å²) in [6, 6.07) is 0. The van der Waals surface area contributed by atoms with Crippen LogP contribution >= 0.6 is 27.7 Å². The highest BCUT2D eigenvalue weighted by molar-refractivity contribution is 9.14. The lowest BCUT2D eigenvalue weighted by Crippen LogP contribution is -1.97. The molecule has 0 spiro atoms. The topological polar surface area (TPSA) is 17.1 Å². The second kappa shape index (κ2) is 5.07. The standard InChI is InChI=1S/C9H13BrOS/c1-7-3-2-4-8(11)5-6-9(10)12-7/h6-7H,2-5H2,1H3/b9-6-. The summed E-state index contributed by atoms with van der Waals surface area (Å²) in [5.41, 5.74) is 0. The number of hydrogen-bond acceptors (Lipinski definition) is 2. The Kier molecular flexibility index (Phi) is 4.36. The minimum Gasteiger partial charge on any atom is -0.299 e. The molecule has 12 heavy (non-hydrogen) atoms. The lowest BCUT2D eigenvalue weighted by atomic mass is 10.1. The molecule has 0 aromatic carbocycles. The van der Waals surface area contributed by atoms with E-state index in [2.05, 4.69) is 22.9 Å². The first-order valence-corrected chi connectivity index (χ1v) is 5.90. The predicted molar refractivity (Wildman–Crippen MR) is 57.5 cm³/mol. The largest absolute Gasteiger partial charge is 0.299 e. The highest BCUT2D eigenvalue weighted by atomic mass is 79.9. The lowest BCUT2D eigenvalue weighted by Gasteiger charge is -2.07. The molecule has 0 saturated heterocycles. The molecule has 68 valence electrons. The molecule has 0 amide bonds. The Morgan fingerprint density at radius 3 is 3.17 bits per heavy atom. The van der Waals surface area contributed by atoms with Crippen LogP contribution in [0.15, 0.2) is 9.89 Å². The number of Topliss-reactive ketones (excluding diaryl/α,β-unsaturated/α-hetero) is 1. The summed E-state index contributed by atoms with van der Waals surface area (Å²) >= 11 is 5.26. The van der Waals surface area contributed by atoms with Gasteiger partial charge in [-0.05, 0) is 28.8 Å². The van der Waals surface area contributed by atoms with Crippen LogP contribution in [0.1, 0.15) is 32.6 Å². The van der Waals surface area contributed by atoms with Crippen LogP contribution in [0.5, 0.6) is 0 Å². The summed E-state index contributed by atoms with van der Waals surface area (Å²) in [7, 11) is 0. The zero-order valence-electron chi connectivity index (χ0n) is 7.18. The molecule has 3 heteroatoms. The van der Waals surface area contributed by atoms with Gasteiger partial charge in [-0.2, -0.15) is 0 Å². The normalized spacial score (nSPS) is 31.3. The van der Waals surface area contributed by atoms with Gasteiger partial charge in [0.15, 0.2) is 0 Å². The molecule has 0 bridgehead atoms. The van der Waals surface area contributed by atoms with Gasteiger partial charge >= 0.3 is 0 Å². The first kappa shape index (κ1) is 10.3. The number of thioether (sulfide) groups is 1. The van der Waals surface area contributed by atoms with Gasteiger partial charge in [-0.3, -0.25) is 4.79 Å². The van der Waals surface area contributed by atoms with Crippen molar-refractivity contribution in [3.63, 3.8) is 0 Å². The van der Waals surface area contributed by atoms with Crippen molar-refractivity contribution < 1.29 is 4.79 Å². The number of hydrogen-bond donors (Lipinski definition) is 0. The summed E-state index contributed by atoms with van der Waals surface area (Å²) in [6.07, 6.45) is 5.51. The molecular weight excluding hydrogens is 236 g/mol. The molecule has 0 aliphatic carbocycles. The van der Waals surface area contributed by atoms with Gasteiger partial charge in [0.1, 0.15) is 5.78 Å². The van der Waals surface area contributed by atoms with Gasteiger partial charge in [0.25, 0.3) is 0 Å². The maximum atomic E-state index is 11.2. The summed E-state index contributed by atoms with van der Waals surface area (Å²) < 4.78 is 1.12. The van der Waals surface area contributed by atoms with E-state index in [1.165, 1.54) is 0 Å². The molecule has 0 fully saturated rings. The maximum absolute atomic E-state index is 11.2. The lowest BCUT2D eigenvalue weighted by molar-refractivity contribution is -0.118. The molecule has 0 aromatic rings. The second-order valence-corrected chi connectivity index (χ2v) is 5.93. The minimum absolute atomic E-state index is 0.363. The molecule has 1 aliphatic heterocycles. The maximum Gasteiger partial charge on any atom is 0.136 e. The Balaban J connectivity index is 2.55. The molecule has 1 rings (SSSR count). The molecule has 0 saturated carbocycles. The van der Waals surface area contributed by atoms with Crippen LogP contribution < -0.4 is 0 Å². The molecule has 1 atom stereocenters. The molecule has 0 aromatic heterocycles. The van der Waals surface area contributed by atoms with Crippen LogP contribution in [0.3, 0.4) is 0 Å². The van der Waals surface area contributed by atoms with Crippen LogP contribution in [-0.2, 0) is 4.79 Å². The summed E-state index contributed by atoms with van der Waals surface area (Å²) in [5.74, 6) is 0.363. The third-order valence-electron chi connectivity index (χ3n) is 1.87. The summed E-state index contributed by atoms with van der Waals surface area (Å²) in [5, 5.41) is 0.626. The number of ketones is 1. The van der Waals surface area contributed by atoms with Crippen molar-refractivity contribution >= 4 is 33.5 Å². The Hall–Kier alpha value is 0.240. The van der Waals surface area contributed by atoms with Gasteiger partial charge < -0.3 is 0 Å². The van der Waals surface area contributed by atoms with E-state index in [1.807, 2.05) is 17.8 Å². The van der Waals surface area contributed by atoms with Crippen LogP contribution in [0.25, 0.3) is 0 Å². The number of carbonyl (C=O) groups excluding carboxylic acids is 1. The smallest absolute Gasteiger partial charge is 0.136 e. The molecule has 0 N–H and O–H groups in total. The monoisotopic (exact) mass is 248 g/mol. The van der Waals surface area contributed by atoms with Gasteiger partial charge in [0, 0.05) is 21.9 Å². The van der Waals surface area contributed by atoms with E-state index in [9.17, 15) is 4.79 Å². The van der Waals surface area contributed by atoms with Crippen molar-refractivity contribution in [2.75, 3.05) is 0 Å². The zero-order valence-corrected chi connectivity index (χ0v) is 9.58. The third-order valence-corrected chi connectivity index (χ3v) is 3.78. The fraction of sp³-hybridized carbons (Fsp3) is 0.667. The number of rotatable bonds is 0. The molecule has 0 radical (unpaired) electrons. The third kappa shape index (κ3) is 3.76. The molecular formula is C9H13BrOS. The van der Waals surface area contributed by atoms with E-state index in [4.69, 9.17) is 0 Å². The predicted octanol–water partition coefficient (Wildman–Crippen LogP) is 3.49. The quantitative estimate of drug-likeness (QED) is 0.653. The summed E-state index contributed by atoms with van der Waals surface area (Å²) in [6.45, 7) is 2.20. The van der Waals surface area contributed by atoms with Gasteiger partial charge in [0.05, 0.1) is 0 Å². The van der Waals surface area contributed by atoms with Gasteiger partial charge in [-0.25, -0.2) is 0 Å². The van der Waals surface area contributed by atoms with E-state index >= 15 is 0 Å². The van der Waals surface area contributed by atoms with E-state index in [0.717, 1.165) is 23.1 Å². The highest BCUT2D eigenvalue weighted by Crippen LogP contribution is 2.31. The minimum atomic E-state index is 0.363. The first-order valence-electron chi connectivity index (χ1n) is 4.22. The van der Waals surface area contributed by atoms with E-state index in [1.54, 1.807) is 0 Å². The van der Waals surface area contributed by atoms with E-state index in [0.29, 0.717) is 17.5 Å². The van der Waals surface area contributed by atoms with Gasteiger partial charge in [0.2, 0.25) is 0 Å².